The third kappa shape index (κ3) is 2.99. The molecule has 20 heavy (non-hydrogen) atoms. The summed E-state index contributed by atoms with van der Waals surface area (Å²) in [6.45, 7) is 1.07. The van der Waals surface area contributed by atoms with E-state index in [0.29, 0.717) is 0 Å². The Kier molecular flexibility index (Phi) is 3.99. The zero-order chi connectivity index (χ0) is 14.1. The molecule has 2 aliphatic rings. The third-order valence-electron chi connectivity index (χ3n) is 4.96. The lowest BCUT2D eigenvalue weighted by Crippen LogP contribution is -2.46. The molecule has 3 heteroatoms. The summed E-state index contributed by atoms with van der Waals surface area (Å²) in [5.41, 5.74) is 2.69. The molecule has 1 aromatic carbocycles. The maximum atomic E-state index is 3.73. The van der Waals surface area contributed by atoms with E-state index >= 15 is 0 Å². The normalized spacial score (nSPS) is 28.9. The van der Waals surface area contributed by atoms with E-state index in [0.717, 1.165) is 24.7 Å². The molecule has 0 saturated carbocycles. The van der Waals surface area contributed by atoms with Gasteiger partial charge >= 0.3 is 0 Å². The highest BCUT2D eigenvalue weighted by atomic mass is 15.2. The number of hydrogen-bond acceptors (Lipinski definition) is 3. The molecule has 0 radical (unpaired) electrons. The van der Waals surface area contributed by atoms with Gasteiger partial charge in [0.2, 0.25) is 0 Å². The van der Waals surface area contributed by atoms with Crippen LogP contribution in [-0.2, 0) is 6.54 Å². The molecule has 2 unspecified atom stereocenters. The van der Waals surface area contributed by atoms with Crippen LogP contribution in [0.4, 0.5) is 5.69 Å². The number of fused-ring (bicyclic) bond motifs is 2. The summed E-state index contributed by atoms with van der Waals surface area (Å²) in [7, 11) is 6.47. The van der Waals surface area contributed by atoms with Gasteiger partial charge in [-0.15, -0.1) is 0 Å². The highest BCUT2D eigenvalue weighted by Crippen LogP contribution is 2.29. The molecular formula is C17H27N3. The average molecular weight is 273 g/mol. The van der Waals surface area contributed by atoms with Crippen molar-refractivity contribution in [3.63, 3.8) is 0 Å². The van der Waals surface area contributed by atoms with Crippen LogP contribution in [0.2, 0.25) is 0 Å². The van der Waals surface area contributed by atoms with E-state index in [9.17, 15) is 0 Å². The minimum Gasteiger partial charge on any atom is -0.378 e. The van der Waals surface area contributed by atoms with Crippen molar-refractivity contribution in [1.82, 2.24) is 10.2 Å². The first-order valence-electron chi connectivity index (χ1n) is 7.84. The van der Waals surface area contributed by atoms with Gasteiger partial charge in [-0.1, -0.05) is 12.1 Å². The summed E-state index contributed by atoms with van der Waals surface area (Å²) in [5.74, 6) is 0. The highest BCUT2D eigenvalue weighted by Gasteiger charge is 2.34. The van der Waals surface area contributed by atoms with Crippen molar-refractivity contribution in [3.8, 4) is 0 Å². The van der Waals surface area contributed by atoms with Crippen LogP contribution >= 0.6 is 0 Å². The SMILES string of the molecule is CN(C)c1ccc(CN(C)C2CC3CCC(C2)N3)cc1. The first kappa shape index (κ1) is 13.9. The first-order chi connectivity index (χ1) is 9.61. The van der Waals surface area contributed by atoms with Gasteiger partial charge in [0, 0.05) is 44.5 Å². The van der Waals surface area contributed by atoms with E-state index in [4.69, 9.17) is 0 Å². The summed E-state index contributed by atoms with van der Waals surface area (Å²) in [6.07, 6.45) is 5.41. The number of nitrogens with one attached hydrogen (secondary N) is 1. The Morgan fingerprint density at radius 3 is 2.15 bits per heavy atom. The molecule has 2 bridgehead atoms. The van der Waals surface area contributed by atoms with Gasteiger partial charge in [0.05, 0.1) is 0 Å². The molecule has 2 heterocycles. The predicted molar refractivity (Wildman–Crippen MR) is 85.2 cm³/mol. The van der Waals surface area contributed by atoms with Gasteiger partial charge in [-0.25, -0.2) is 0 Å². The molecule has 1 aromatic rings. The lowest BCUT2D eigenvalue weighted by molar-refractivity contribution is 0.166. The third-order valence-corrected chi connectivity index (χ3v) is 4.96. The zero-order valence-electron chi connectivity index (χ0n) is 13.0. The molecule has 0 spiro atoms. The van der Waals surface area contributed by atoms with Gasteiger partial charge in [-0.05, 0) is 50.4 Å². The van der Waals surface area contributed by atoms with Gasteiger partial charge in [0.25, 0.3) is 0 Å². The molecule has 3 rings (SSSR count). The van der Waals surface area contributed by atoms with Crippen LogP contribution in [0.25, 0.3) is 0 Å². The van der Waals surface area contributed by atoms with Crippen molar-refractivity contribution in [1.29, 1.82) is 0 Å². The molecule has 110 valence electrons. The minimum atomic E-state index is 0.752. The largest absolute Gasteiger partial charge is 0.378 e. The Bertz CT molecular complexity index is 428. The molecule has 1 N–H and O–H groups in total. The summed E-state index contributed by atoms with van der Waals surface area (Å²) in [5, 5.41) is 3.73. The van der Waals surface area contributed by atoms with E-state index in [2.05, 4.69) is 60.5 Å². The second kappa shape index (κ2) is 5.74. The van der Waals surface area contributed by atoms with Crippen molar-refractivity contribution in [2.24, 2.45) is 0 Å². The fourth-order valence-electron chi connectivity index (χ4n) is 3.70. The maximum absolute atomic E-state index is 3.73. The van der Waals surface area contributed by atoms with E-state index < -0.39 is 0 Å². The lowest BCUT2D eigenvalue weighted by Gasteiger charge is -2.35. The van der Waals surface area contributed by atoms with Crippen molar-refractivity contribution in [2.75, 3.05) is 26.0 Å². The standard InChI is InChI=1S/C17H27N3/c1-19(2)16-8-4-13(5-9-16)12-20(3)17-10-14-6-7-15(11-17)18-14/h4-5,8-9,14-15,17-18H,6-7,10-12H2,1-3H3. The Balaban J connectivity index is 1.59. The predicted octanol–water partition coefficient (Wildman–Crippen LogP) is 2.47. The van der Waals surface area contributed by atoms with E-state index in [-0.39, 0.29) is 0 Å². The van der Waals surface area contributed by atoms with Crippen LogP contribution in [0.15, 0.2) is 24.3 Å². The van der Waals surface area contributed by atoms with E-state index in [1.54, 1.807) is 0 Å². The van der Waals surface area contributed by atoms with Gasteiger partial charge in [-0.2, -0.15) is 0 Å². The molecule has 2 atom stereocenters. The Hall–Kier alpha value is -1.06. The molecule has 2 aliphatic heterocycles. The molecule has 3 nitrogen and oxygen atoms in total. The van der Waals surface area contributed by atoms with Gasteiger partial charge in [0.1, 0.15) is 0 Å². The molecular weight excluding hydrogens is 246 g/mol. The van der Waals surface area contributed by atoms with Crippen molar-refractivity contribution < 1.29 is 0 Å². The Morgan fingerprint density at radius 2 is 1.60 bits per heavy atom. The van der Waals surface area contributed by atoms with Crippen LogP contribution in [0.1, 0.15) is 31.2 Å². The number of hydrogen-bond donors (Lipinski definition) is 1. The number of benzene rings is 1. The highest BCUT2D eigenvalue weighted by molar-refractivity contribution is 5.45. The average Bonchev–Trinajstić information content (AvgIpc) is 2.78. The first-order valence-corrected chi connectivity index (χ1v) is 7.84. The van der Waals surface area contributed by atoms with Gasteiger partial charge in [-0.3, -0.25) is 4.90 Å². The molecule has 2 fully saturated rings. The lowest BCUT2D eigenvalue weighted by atomic mass is 9.98. The quantitative estimate of drug-likeness (QED) is 0.909. The van der Waals surface area contributed by atoms with Crippen LogP contribution in [0.3, 0.4) is 0 Å². The molecule has 0 aliphatic carbocycles. The maximum Gasteiger partial charge on any atom is 0.0361 e. The van der Waals surface area contributed by atoms with E-state index in [1.807, 2.05) is 0 Å². The zero-order valence-corrected chi connectivity index (χ0v) is 13.0. The Labute approximate surface area is 123 Å². The second-order valence-electron chi connectivity index (χ2n) is 6.74. The number of anilines is 1. The summed E-state index contributed by atoms with van der Waals surface area (Å²) < 4.78 is 0. The summed E-state index contributed by atoms with van der Waals surface area (Å²) >= 11 is 0. The number of nitrogens with zero attached hydrogens (tertiary/aromatic N) is 2. The smallest absolute Gasteiger partial charge is 0.0361 e. The van der Waals surface area contributed by atoms with Crippen molar-refractivity contribution in [2.45, 2.75) is 50.4 Å². The van der Waals surface area contributed by atoms with Gasteiger partial charge in [0.15, 0.2) is 0 Å². The Morgan fingerprint density at radius 1 is 1.00 bits per heavy atom. The van der Waals surface area contributed by atoms with E-state index in [1.165, 1.54) is 36.9 Å². The fraction of sp³-hybridized carbons (Fsp3) is 0.647. The molecule has 2 saturated heterocycles. The van der Waals surface area contributed by atoms with Crippen LogP contribution < -0.4 is 10.2 Å². The van der Waals surface area contributed by atoms with Gasteiger partial charge < -0.3 is 10.2 Å². The minimum absolute atomic E-state index is 0.752. The summed E-state index contributed by atoms with van der Waals surface area (Å²) in [4.78, 5) is 4.70. The number of rotatable bonds is 4. The van der Waals surface area contributed by atoms with Crippen molar-refractivity contribution >= 4 is 5.69 Å². The molecule has 0 aromatic heterocycles. The second-order valence-corrected chi connectivity index (χ2v) is 6.74. The number of piperidine rings is 1. The topological polar surface area (TPSA) is 18.5 Å². The monoisotopic (exact) mass is 273 g/mol. The van der Waals surface area contributed by atoms with Crippen LogP contribution in [0.5, 0.6) is 0 Å². The molecule has 0 amide bonds. The van der Waals surface area contributed by atoms with Crippen LogP contribution in [0, 0.1) is 0 Å². The van der Waals surface area contributed by atoms with Crippen LogP contribution in [-0.4, -0.2) is 44.2 Å². The fourth-order valence-corrected chi connectivity index (χ4v) is 3.70. The van der Waals surface area contributed by atoms with Crippen molar-refractivity contribution in [3.05, 3.63) is 29.8 Å². The summed E-state index contributed by atoms with van der Waals surface area (Å²) in [6, 6.07) is 11.3.